The van der Waals surface area contributed by atoms with Gasteiger partial charge < -0.3 is 10.1 Å². The zero-order chi connectivity index (χ0) is 15.6. The lowest BCUT2D eigenvalue weighted by atomic mass is 9.78. The summed E-state index contributed by atoms with van der Waals surface area (Å²) in [6.07, 6.45) is 4.03. The van der Waals surface area contributed by atoms with E-state index in [-0.39, 0.29) is 17.5 Å². The highest BCUT2D eigenvalue weighted by Gasteiger charge is 2.40. The summed E-state index contributed by atoms with van der Waals surface area (Å²) < 4.78 is 45.1. The van der Waals surface area contributed by atoms with Gasteiger partial charge in [-0.15, -0.1) is 0 Å². The molecular formula is C16H21F3N2O. The highest BCUT2D eigenvalue weighted by molar-refractivity contribution is 5.46. The number of anilines is 1. The number of nitrogens with zero attached hydrogens (tertiary/aromatic N) is 1. The van der Waals surface area contributed by atoms with Crippen LogP contribution in [0, 0.1) is 0 Å². The molecule has 1 saturated heterocycles. The second-order valence-electron chi connectivity index (χ2n) is 6.32. The molecule has 1 N–H and O–H groups in total. The van der Waals surface area contributed by atoms with Crippen LogP contribution in [0.4, 0.5) is 19.0 Å². The molecule has 0 amide bonds. The van der Waals surface area contributed by atoms with E-state index in [1.807, 2.05) is 0 Å². The molecule has 2 fully saturated rings. The van der Waals surface area contributed by atoms with Crippen molar-refractivity contribution >= 4 is 5.82 Å². The maximum atomic E-state index is 13.0. The minimum atomic E-state index is -4.38. The average Bonchev–Trinajstić information content (AvgIpc) is 2.47. The second kappa shape index (κ2) is 6.07. The van der Waals surface area contributed by atoms with E-state index in [9.17, 15) is 13.2 Å². The molecule has 122 valence electrons. The average molecular weight is 314 g/mol. The molecule has 1 saturated carbocycles. The largest absolute Gasteiger partial charge is 0.419 e. The zero-order valence-corrected chi connectivity index (χ0v) is 12.5. The van der Waals surface area contributed by atoms with Crippen molar-refractivity contribution in [3.05, 3.63) is 23.9 Å². The van der Waals surface area contributed by atoms with Crippen molar-refractivity contribution in [3.8, 4) is 0 Å². The molecule has 1 aromatic rings. The summed E-state index contributed by atoms with van der Waals surface area (Å²) in [4.78, 5) is 3.90. The summed E-state index contributed by atoms with van der Waals surface area (Å²) in [6, 6.07) is 2.38. The van der Waals surface area contributed by atoms with Gasteiger partial charge in [0, 0.05) is 18.8 Å². The smallest absolute Gasteiger partial charge is 0.375 e. The molecule has 6 heteroatoms. The Morgan fingerprint density at radius 2 is 2.00 bits per heavy atom. The van der Waals surface area contributed by atoms with E-state index < -0.39 is 11.7 Å². The van der Waals surface area contributed by atoms with Crippen molar-refractivity contribution < 1.29 is 17.9 Å². The summed E-state index contributed by atoms with van der Waals surface area (Å²) >= 11 is 0. The Morgan fingerprint density at radius 1 is 1.23 bits per heavy atom. The Labute approximate surface area is 128 Å². The molecule has 22 heavy (non-hydrogen) atoms. The number of aromatic nitrogens is 1. The molecule has 1 aliphatic carbocycles. The van der Waals surface area contributed by atoms with Crippen molar-refractivity contribution in [2.75, 3.05) is 11.9 Å². The predicted molar refractivity (Wildman–Crippen MR) is 77.7 cm³/mol. The summed E-state index contributed by atoms with van der Waals surface area (Å²) in [6.45, 7) is 0.603. The quantitative estimate of drug-likeness (QED) is 0.879. The van der Waals surface area contributed by atoms with Gasteiger partial charge in [-0.25, -0.2) is 4.98 Å². The third-order valence-electron chi connectivity index (χ3n) is 4.71. The Hall–Kier alpha value is -1.30. The monoisotopic (exact) mass is 314 g/mol. The van der Waals surface area contributed by atoms with E-state index in [2.05, 4.69) is 10.3 Å². The number of halogens is 3. The fraction of sp³-hybridized carbons (Fsp3) is 0.688. The molecule has 2 heterocycles. The SMILES string of the molecule is FC(F)(F)c1cccnc1NC1CCOC2(CCCCC2)C1. The van der Waals surface area contributed by atoms with Gasteiger partial charge in [0.2, 0.25) is 0 Å². The maximum Gasteiger partial charge on any atom is 0.419 e. The van der Waals surface area contributed by atoms with Crippen molar-refractivity contribution in [2.45, 2.75) is 62.8 Å². The molecule has 1 spiro atoms. The molecule has 3 nitrogen and oxygen atoms in total. The first-order chi connectivity index (χ1) is 10.5. The van der Waals surface area contributed by atoms with Gasteiger partial charge in [0.1, 0.15) is 5.82 Å². The minimum absolute atomic E-state index is 0.0113. The molecule has 0 aromatic carbocycles. The normalized spacial score (nSPS) is 25.1. The van der Waals surface area contributed by atoms with Crippen LogP contribution < -0.4 is 5.32 Å². The van der Waals surface area contributed by atoms with Gasteiger partial charge in [-0.2, -0.15) is 13.2 Å². The molecule has 1 aromatic heterocycles. The van der Waals surface area contributed by atoms with Gasteiger partial charge in [-0.05, 0) is 37.8 Å². The van der Waals surface area contributed by atoms with Gasteiger partial charge in [0.15, 0.2) is 0 Å². The number of nitrogens with one attached hydrogen (secondary N) is 1. The second-order valence-corrected chi connectivity index (χ2v) is 6.32. The lowest BCUT2D eigenvalue weighted by Crippen LogP contribution is -2.45. The molecular weight excluding hydrogens is 293 g/mol. The van der Waals surface area contributed by atoms with Crippen LogP contribution in [0.3, 0.4) is 0 Å². The summed E-state index contributed by atoms with van der Waals surface area (Å²) in [5, 5.41) is 3.02. The van der Waals surface area contributed by atoms with Crippen LogP contribution in [0.5, 0.6) is 0 Å². The fourth-order valence-electron chi connectivity index (χ4n) is 3.64. The van der Waals surface area contributed by atoms with E-state index in [0.29, 0.717) is 6.61 Å². The molecule has 1 atom stereocenters. The van der Waals surface area contributed by atoms with Gasteiger partial charge in [-0.1, -0.05) is 19.3 Å². The van der Waals surface area contributed by atoms with Crippen LogP contribution in [0.2, 0.25) is 0 Å². The lowest BCUT2D eigenvalue weighted by molar-refractivity contribution is -0.137. The summed E-state index contributed by atoms with van der Waals surface area (Å²) in [5.41, 5.74) is -0.833. The number of alkyl halides is 3. The van der Waals surface area contributed by atoms with E-state index >= 15 is 0 Å². The molecule has 0 bridgehead atoms. The first-order valence-electron chi connectivity index (χ1n) is 7.91. The van der Waals surface area contributed by atoms with Gasteiger partial charge in [0.05, 0.1) is 11.2 Å². The van der Waals surface area contributed by atoms with E-state index in [1.165, 1.54) is 18.7 Å². The van der Waals surface area contributed by atoms with E-state index in [4.69, 9.17) is 4.74 Å². The number of pyridine rings is 1. The number of rotatable bonds is 2. The molecule has 1 aliphatic heterocycles. The highest BCUT2D eigenvalue weighted by Crippen LogP contribution is 2.40. The highest BCUT2D eigenvalue weighted by atomic mass is 19.4. The van der Waals surface area contributed by atoms with Crippen molar-refractivity contribution in [3.63, 3.8) is 0 Å². The standard InChI is InChI=1S/C16H21F3N2O/c17-16(18,19)13-5-4-9-20-14(13)21-12-6-10-22-15(11-12)7-2-1-3-8-15/h4-5,9,12H,1-3,6-8,10-11H2,(H,20,21). The van der Waals surface area contributed by atoms with E-state index in [1.54, 1.807) is 0 Å². The van der Waals surface area contributed by atoms with Gasteiger partial charge in [0.25, 0.3) is 0 Å². The first-order valence-corrected chi connectivity index (χ1v) is 7.91. The summed E-state index contributed by atoms with van der Waals surface area (Å²) in [7, 11) is 0. The van der Waals surface area contributed by atoms with Gasteiger partial charge >= 0.3 is 6.18 Å². The fourth-order valence-corrected chi connectivity index (χ4v) is 3.64. The zero-order valence-electron chi connectivity index (χ0n) is 12.5. The molecule has 1 unspecified atom stereocenters. The molecule has 3 rings (SSSR count). The topological polar surface area (TPSA) is 34.2 Å². The van der Waals surface area contributed by atoms with Crippen LogP contribution in [-0.4, -0.2) is 23.2 Å². The van der Waals surface area contributed by atoms with Crippen LogP contribution >= 0.6 is 0 Å². The Bertz CT molecular complexity index is 507. The van der Waals surface area contributed by atoms with Crippen molar-refractivity contribution in [2.24, 2.45) is 0 Å². The Morgan fingerprint density at radius 3 is 2.73 bits per heavy atom. The predicted octanol–water partition coefficient (Wildman–Crippen LogP) is 4.39. The maximum absolute atomic E-state index is 13.0. The van der Waals surface area contributed by atoms with Crippen LogP contribution in [0.15, 0.2) is 18.3 Å². The van der Waals surface area contributed by atoms with Crippen molar-refractivity contribution in [1.82, 2.24) is 4.98 Å². The van der Waals surface area contributed by atoms with E-state index in [0.717, 1.165) is 44.6 Å². The van der Waals surface area contributed by atoms with Crippen LogP contribution in [0.25, 0.3) is 0 Å². The third-order valence-corrected chi connectivity index (χ3v) is 4.71. The molecule has 0 radical (unpaired) electrons. The van der Waals surface area contributed by atoms with Crippen LogP contribution in [-0.2, 0) is 10.9 Å². The number of ether oxygens (including phenoxy) is 1. The Kier molecular flexibility index (Phi) is 4.30. The number of hydrogen-bond donors (Lipinski definition) is 1. The first kappa shape index (κ1) is 15.6. The van der Waals surface area contributed by atoms with Crippen molar-refractivity contribution in [1.29, 1.82) is 0 Å². The lowest BCUT2D eigenvalue weighted by Gasteiger charge is -2.43. The Balaban J connectivity index is 1.73. The third kappa shape index (κ3) is 3.37. The van der Waals surface area contributed by atoms with Crippen LogP contribution in [0.1, 0.15) is 50.5 Å². The number of hydrogen-bond acceptors (Lipinski definition) is 3. The molecule has 2 aliphatic rings. The minimum Gasteiger partial charge on any atom is -0.375 e. The summed E-state index contributed by atoms with van der Waals surface area (Å²) in [5.74, 6) is -0.0622. The van der Waals surface area contributed by atoms with Gasteiger partial charge in [-0.3, -0.25) is 0 Å².